The van der Waals surface area contributed by atoms with Crippen LogP contribution in [0.15, 0.2) is 0 Å². The van der Waals surface area contributed by atoms with E-state index in [9.17, 15) is 0 Å². The number of hydrogen-bond donors (Lipinski definition) is 0. The molecule has 172 valence electrons. The molecule has 2 atom stereocenters. The van der Waals surface area contributed by atoms with Crippen molar-refractivity contribution in [3.05, 3.63) is 0 Å². The Morgan fingerprint density at radius 3 is 1.29 bits per heavy atom. The van der Waals surface area contributed by atoms with E-state index in [4.69, 9.17) is 11.6 Å². The molecule has 0 bridgehead atoms. The molecule has 2 heteroatoms. The normalized spacial score (nSPS) is 12.8. The van der Waals surface area contributed by atoms with Gasteiger partial charge in [0.05, 0.1) is 0 Å². The summed E-state index contributed by atoms with van der Waals surface area (Å²) >= 11 is 7.32. The Hall–Kier alpha value is 0.720. The van der Waals surface area contributed by atoms with Gasteiger partial charge < -0.3 is 0 Å². The van der Waals surface area contributed by atoms with E-state index in [0.29, 0.717) is 0 Å². The van der Waals surface area contributed by atoms with Crippen molar-refractivity contribution in [2.24, 2.45) is 5.92 Å². The zero-order chi connectivity index (χ0) is 20.2. The molecule has 0 nitrogen and oxygen atoms in total. The fourth-order valence-corrected chi connectivity index (χ4v) is 4.95. The molecule has 28 heavy (non-hydrogen) atoms. The summed E-state index contributed by atoms with van der Waals surface area (Å²) in [7, 11) is 0. The van der Waals surface area contributed by atoms with Crippen LogP contribution in [0.1, 0.15) is 156 Å². The summed E-state index contributed by atoms with van der Waals surface area (Å²) in [5.74, 6) is 0.742. The molecular formula is C26H56ClP. The third-order valence-electron chi connectivity index (χ3n) is 6.44. The van der Waals surface area contributed by atoms with Crippen molar-refractivity contribution >= 4 is 21.5 Å². The van der Waals surface area contributed by atoms with Crippen LogP contribution >= 0.6 is 21.5 Å². The maximum Gasteiger partial charge on any atom is 0.0475 e. The van der Waals surface area contributed by atoms with Crippen LogP contribution in [-0.4, -0.2) is 4.87 Å². The van der Waals surface area contributed by atoms with E-state index >= 15 is 0 Å². The Balaban J connectivity index is 0. The van der Waals surface area contributed by atoms with Crippen LogP contribution < -0.4 is 0 Å². The van der Waals surface area contributed by atoms with Gasteiger partial charge in [-0.1, -0.05) is 130 Å². The maximum absolute atomic E-state index is 7.32. The molecule has 0 amide bonds. The molecule has 0 aromatic heterocycles. The largest absolute Gasteiger partial charge is 0.153 e. The van der Waals surface area contributed by atoms with Crippen LogP contribution in [0.4, 0.5) is 0 Å². The second-order valence-electron chi connectivity index (χ2n) is 9.05. The van der Waals surface area contributed by atoms with Crippen LogP contribution in [0.3, 0.4) is 0 Å². The molecule has 0 aliphatic carbocycles. The zero-order valence-electron chi connectivity index (χ0n) is 20.3. The summed E-state index contributed by atoms with van der Waals surface area (Å²) in [6.07, 6.45) is 27.3. The Morgan fingerprint density at radius 2 is 0.857 bits per heavy atom. The summed E-state index contributed by atoms with van der Waals surface area (Å²) < 4.78 is 0. The third kappa shape index (κ3) is 16.5. The highest BCUT2D eigenvalue weighted by atomic mass is 35.5. The van der Waals surface area contributed by atoms with Gasteiger partial charge in [0.2, 0.25) is 0 Å². The smallest absolute Gasteiger partial charge is 0.0475 e. The van der Waals surface area contributed by atoms with E-state index in [1.807, 2.05) is 0 Å². The highest BCUT2D eigenvalue weighted by Gasteiger charge is 2.34. The van der Waals surface area contributed by atoms with Crippen LogP contribution in [0.5, 0.6) is 0 Å². The van der Waals surface area contributed by atoms with Gasteiger partial charge in [-0.3, -0.25) is 0 Å². The van der Waals surface area contributed by atoms with Crippen molar-refractivity contribution in [3.63, 3.8) is 0 Å². The second-order valence-corrected chi connectivity index (χ2v) is 9.80. The van der Waals surface area contributed by atoms with Gasteiger partial charge in [-0.2, -0.15) is 9.90 Å². The average molecular weight is 435 g/mol. The lowest BCUT2D eigenvalue weighted by atomic mass is 9.77. The zero-order valence-corrected chi connectivity index (χ0v) is 22.5. The molecule has 0 saturated carbocycles. The van der Waals surface area contributed by atoms with Crippen molar-refractivity contribution in [2.45, 2.75) is 161 Å². The molecule has 0 aromatic carbocycles. The van der Waals surface area contributed by atoms with Crippen molar-refractivity contribution in [1.29, 1.82) is 0 Å². The number of hydrogen-bond acceptors (Lipinski definition) is 0. The maximum atomic E-state index is 7.32. The van der Waals surface area contributed by atoms with Crippen LogP contribution in [0, 0.1) is 5.92 Å². The van der Waals surface area contributed by atoms with E-state index in [1.54, 1.807) is 0 Å². The Bertz CT molecular complexity index is 284. The Morgan fingerprint density at radius 1 is 0.500 bits per heavy atom. The predicted octanol–water partition coefficient (Wildman–Crippen LogP) is 10.5. The van der Waals surface area contributed by atoms with Gasteiger partial charge in [0.15, 0.2) is 0 Å². The van der Waals surface area contributed by atoms with Gasteiger partial charge in [-0.05, 0) is 31.6 Å². The fraction of sp³-hybridized carbons (Fsp3) is 1.00. The molecule has 0 aromatic rings. The monoisotopic (exact) mass is 434 g/mol. The van der Waals surface area contributed by atoms with Crippen molar-refractivity contribution in [2.75, 3.05) is 0 Å². The Labute approximate surface area is 188 Å². The predicted molar refractivity (Wildman–Crippen MR) is 138 cm³/mol. The summed E-state index contributed by atoms with van der Waals surface area (Å²) in [4.78, 5) is 0.0838. The van der Waals surface area contributed by atoms with Gasteiger partial charge in [0.25, 0.3) is 0 Å². The van der Waals surface area contributed by atoms with Crippen LogP contribution in [-0.2, 0) is 0 Å². The number of rotatable bonds is 21. The van der Waals surface area contributed by atoms with E-state index < -0.39 is 0 Å². The van der Waals surface area contributed by atoms with Gasteiger partial charge in [-0.15, -0.1) is 11.6 Å². The van der Waals surface area contributed by atoms with Crippen molar-refractivity contribution < 1.29 is 0 Å². The first-order valence-electron chi connectivity index (χ1n) is 12.8. The first-order valence-corrected chi connectivity index (χ1v) is 13.2. The molecule has 0 rings (SSSR count). The second kappa shape index (κ2) is 22.4. The standard InChI is InChI=1S/C26H53Cl.H3P/c1-5-9-13-14-15-16-17-18-19-20-22-25(21-10-6-2)26(27,23-11-7-3)24-12-8-4;/h25H,5-24H2,1-4H3;1H3. The van der Waals surface area contributed by atoms with E-state index in [-0.39, 0.29) is 14.8 Å². The molecular weight excluding hydrogens is 379 g/mol. The topological polar surface area (TPSA) is 0 Å². The van der Waals surface area contributed by atoms with Crippen LogP contribution in [0.25, 0.3) is 0 Å². The highest BCUT2D eigenvalue weighted by Crippen LogP contribution is 2.41. The molecule has 0 radical (unpaired) electrons. The van der Waals surface area contributed by atoms with Crippen molar-refractivity contribution in [1.82, 2.24) is 0 Å². The number of unbranched alkanes of at least 4 members (excludes halogenated alkanes) is 12. The van der Waals surface area contributed by atoms with Gasteiger partial charge in [0, 0.05) is 4.87 Å². The van der Waals surface area contributed by atoms with E-state index in [1.165, 1.54) is 128 Å². The minimum Gasteiger partial charge on any atom is -0.153 e. The van der Waals surface area contributed by atoms with E-state index in [0.717, 1.165) is 5.92 Å². The third-order valence-corrected chi connectivity index (χ3v) is 7.12. The summed E-state index contributed by atoms with van der Waals surface area (Å²) in [5, 5.41) is 0. The average Bonchev–Trinajstić information content (AvgIpc) is 2.68. The van der Waals surface area contributed by atoms with Gasteiger partial charge in [-0.25, -0.2) is 0 Å². The first-order chi connectivity index (χ1) is 13.1. The quantitative estimate of drug-likeness (QED) is 0.0956. The SMILES string of the molecule is CCCCCCCCCCCCC(CCCC)C(Cl)(CCCC)CCCC.P. The van der Waals surface area contributed by atoms with Gasteiger partial charge in [0.1, 0.15) is 0 Å². The summed E-state index contributed by atoms with van der Waals surface area (Å²) in [5.41, 5.74) is 0. The molecule has 0 N–H and O–H groups in total. The molecule has 0 saturated heterocycles. The number of halogens is 1. The number of alkyl halides is 1. The van der Waals surface area contributed by atoms with Gasteiger partial charge >= 0.3 is 0 Å². The molecule has 0 fully saturated rings. The lowest BCUT2D eigenvalue weighted by molar-refractivity contribution is 0.268. The lowest BCUT2D eigenvalue weighted by Crippen LogP contribution is -2.32. The lowest BCUT2D eigenvalue weighted by Gasteiger charge is -2.36. The molecule has 2 unspecified atom stereocenters. The summed E-state index contributed by atoms with van der Waals surface area (Å²) in [6.45, 7) is 9.24. The molecule has 0 aliphatic heterocycles. The molecule has 0 heterocycles. The minimum atomic E-state index is 0. The molecule has 0 aliphatic rings. The van der Waals surface area contributed by atoms with Crippen molar-refractivity contribution in [3.8, 4) is 0 Å². The Kier molecular flexibility index (Phi) is 24.7. The summed E-state index contributed by atoms with van der Waals surface area (Å²) in [6, 6.07) is 0. The first kappa shape index (κ1) is 30.9. The fourth-order valence-electron chi connectivity index (χ4n) is 4.46. The minimum absolute atomic E-state index is 0. The van der Waals surface area contributed by atoms with Crippen LogP contribution in [0.2, 0.25) is 0 Å². The highest BCUT2D eigenvalue weighted by molar-refractivity contribution is 6.92. The van der Waals surface area contributed by atoms with E-state index in [2.05, 4.69) is 27.7 Å². The molecule has 0 spiro atoms.